The van der Waals surface area contributed by atoms with Gasteiger partial charge in [0.2, 0.25) is 0 Å². The van der Waals surface area contributed by atoms with Gasteiger partial charge in [0.1, 0.15) is 5.82 Å². The van der Waals surface area contributed by atoms with E-state index in [4.69, 9.17) is 5.73 Å². The van der Waals surface area contributed by atoms with Crippen LogP contribution in [-0.4, -0.2) is 24.6 Å². The molecule has 2 N–H and O–H groups in total. The smallest absolute Gasteiger partial charge is 0.128 e. The zero-order valence-electron chi connectivity index (χ0n) is 10.4. The van der Waals surface area contributed by atoms with E-state index in [2.05, 4.69) is 42.8 Å². The van der Waals surface area contributed by atoms with Crippen molar-refractivity contribution < 1.29 is 0 Å². The molecule has 1 aliphatic heterocycles. The Hall–Kier alpha value is -1.09. The Morgan fingerprint density at radius 3 is 2.50 bits per heavy atom. The van der Waals surface area contributed by atoms with Crippen LogP contribution in [0.4, 0.5) is 5.82 Å². The molecule has 1 fully saturated rings. The summed E-state index contributed by atoms with van der Waals surface area (Å²) in [6, 6.07) is 4.30. The molecule has 0 saturated carbocycles. The third-order valence-corrected chi connectivity index (χ3v) is 3.23. The van der Waals surface area contributed by atoms with Gasteiger partial charge in [0.25, 0.3) is 0 Å². The van der Waals surface area contributed by atoms with Crippen LogP contribution >= 0.6 is 0 Å². The normalized spacial score (nSPS) is 17.4. The molecular weight excluding hydrogens is 198 g/mol. The first-order valence-electron chi connectivity index (χ1n) is 5.92. The molecule has 0 bridgehead atoms. The van der Waals surface area contributed by atoms with Crippen LogP contribution in [0, 0.1) is 5.92 Å². The van der Waals surface area contributed by atoms with Crippen LogP contribution in [0.1, 0.15) is 26.3 Å². The summed E-state index contributed by atoms with van der Waals surface area (Å²) in [6.45, 7) is 9.51. The van der Waals surface area contributed by atoms with Crippen molar-refractivity contribution >= 4 is 5.82 Å². The van der Waals surface area contributed by atoms with Gasteiger partial charge in [-0.25, -0.2) is 4.98 Å². The van der Waals surface area contributed by atoms with Crippen LogP contribution in [0.25, 0.3) is 0 Å². The van der Waals surface area contributed by atoms with E-state index < -0.39 is 0 Å². The Bertz CT molecular complexity index is 344. The second kappa shape index (κ2) is 4.06. The largest absolute Gasteiger partial charge is 0.356 e. The first-order chi connectivity index (χ1) is 7.50. The molecule has 88 valence electrons. The monoisotopic (exact) mass is 219 g/mol. The molecule has 0 atom stereocenters. The molecule has 1 aliphatic rings. The summed E-state index contributed by atoms with van der Waals surface area (Å²) in [5.74, 6) is 1.74. The molecule has 1 aromatic heterocycles. The summed E-state index contributed by atoms with van der Waals surface area (Å²) < 4.78 is 0. The predicted octanol–water partition coefficient (Wildman–Crippen LogP) is 1.77. The van der Waals surface area contributed by atoms with E-state index in [1.54, 1.807) is 0 Å². The molecule has 0 unspecified atom stereocenters. The van der Waals surface area contributed by atoms with Crippen molar-refractivity contribution in [2.45, 2.75) is 26.2 Å². The maximum absolute atomic E-state index is 5.61. The fraction of sp³-hybridized carbons (Fsp3) is 0.615. The molecule has 1 aromatic rings. The van der Waals surface area contributed by atoms with Crippen molar-refractivity contribution in [3.05, 3.63) is 23.9 Å². The van der Waals surface area contributed by atoms with E-state index in [1.807, 2.05) is 6.20 Å². The molecule has 0 aromatic carbocycles. The van der Waals surface area contributed by atoms with Crippen molar-refractivity contribution in [2.24, 2.45) is 11.7 Å². The van der Waals surface area contributed by atoms with E-state index >= 15 is 0 Å². The Labute approximate surface area is 97.7 Å². The summed E-state index contributed by atoms with van der Waals surface area (Å²) in [4.78, 5) is 6.80. The SMILES string of the molecule is CC(C)(C)c1ccc(N2CC(CN)C2)nc1. The number of rotatable bonds is 2. The maximum atomic E-state index is 5.61. The van der Waals surface area contributed by atoms with Gasteiger partial charge >= 0.3 is 0 Å². The van der Waals surface area contributed by atoms with Crippen molar-refractivity contribution in [1.82, 2.24) is 4.98 Å². The zero-order valence-corrected chi connectivity index (χ0v) is 10.4. The lowest BCUT2D eigenvalue weighted by molar-refractivity contribution is 0.417. The van der Waals surface area contributed by atoms with Crippen molar-refractivity contribution in [2.75, 3.05) is 24.5 Å². The summed E-state index contributed by atoms with van der Waals surface area (Å²) in [5.41, 5.74) is 7.07. The Morgan fingerprint density at radius 1 is 1.38 bits per heavy atom. The maximum Gasteiger partial charge on any atom is 0.128 e. The summed E-state index contributed by atoms with van der Waals surface area (Å²) in [7, 11) is 0. The lowest BCUT2D eigenvalue weighted by Gasteiger charge is -2.39. The van der Waals surface area contributed by atoms with Gasteiger partial charge in [-0.3, -0.25) is 0 Å². The average molecular weight is 219 g/mol. The van der Waals surface area contributed by atoms with E-state index in [-0.39, 0.29) is 5.41 Å². The standard InChI is InChI=1S/C13H21N3/c1-13(2,3)11-4-5-12(15-7-11)16-8-10(6-14)9-16/h4-5,7,10H,6,8-9,14H2,1-3H3. The fourth-order valence-electron chi connectivity index (χ4n) is 1.92. The van der Waals surface area contributed by atoms with Gasteiger partial charge in [0, 0.05) is 25.2 Å². The van der Waals surface area contributed by atoms with E-state index in [9.17, 15) is 0 Å². The van der Waals surface area contributed by atoms with Gasteiger partial charge in [-0.05, 0) is 23.6 Å². The predicted molar refractivity (Wildman–Crippen MR) is 67.7 cm³/mol. The number of aromatic nitrogens is 1. The number of nitrogens with zero attached hydrogens (tertiary/aromatic N) is 2. The minimum atomic E-state index is 0.181. The number of anilines is 1. The molecular formula is C13H21N3. The highest BCUT2D eigenvalue weighted by Gasteiger charge is 2.26. The molecule has 0 amide bonds. The van der Waals surface area contributed by atoms with Crippen LogP contribution < -0.4 is 10.6 Å². The quantitative estimate of drug-likeness (QED) is 0.824. The third kappa shape index (κ3) is 2.19. The molecule has 16 heavy (non-hydrogen) atoms. The average Bonchev–Trinajstić information content (AvgIpc) is 2.15. The van der Waals surface area contributed by atoms with Crippen molar-refractivity contribution in [1.29, 1.82) is 0 Å². The lowest BCUT2D eigenvalue weighted by atomic mass is 9.88. The van der Waals surface area contributed by atoms with Crippen LogP contribution in [0.2, 0.25) is 0 Å². The Kier molecular flexibility index (Phi) is 2.89. The van der Waals surface area contributed by atoms with Gasteiger partial charge in [0.15, 0.2) is 0 Å². The summed E-state index contributed by atoms with van der Waals surface area (Å²) in [6.07, 6.45) is 1.99. The summed E-state index contributed by atoms with van der Waals surface area (Å²) >= 11 is 0. The first kappa shape index (κ1) is 11.4. The highest BCUT2D eigenvalue weighted by molar-refractivity contribution is 5.43. The lowest BCUT2D eigenvalue weighted by Crippen LogP contribution is -2.50. The van der Waals surface area contributed by atoms with E-state index in [1.165, 1.54) is 5.56 Å². The van der Waals surface area contributed by atoms with Gasteiger partial charge < -0.3 is 10.6 Å². The molecule has 0 radical (unpaired) electrons. The highest BCUT2D eigenvalue weighted by atomic mass is 15.2. The second-order valence-corrected chi connectivity index (χ2v) is 5.66. The van der Waals surface area contributed by atoms with E-state index in [0.717, 1.165) is 25.5 Å². The van der Waals surface area contributed by atoms with Crippen LogP contribution in [0.15, 0.2) is 18.3 Å². The number of hydrogen-bond donors (Lipinski definition) is 1. The van der Waals surface area contributed by atoms with Gasteiger partial charge in [-0.1, -0.05) is 26.8 Å². The third-order valence-electron chi connectivity index (χ3n) is 3.23. The topological polar surface area (TPSA) is 42.1 Å². The van der Waals surface area contributed by atoms with Gasteiger partial charge in [-0.2, -0.15) is 0 Å². The minimum absolute atomic E-state index is 0.181. The summed E-state index contributed by atoms with van der Waals surface area (Å²) in [5, 5.41) is 0. The molecule has 0 aliphatic carbocycles. The number of hydrogen-bond acceptors (Lipinski definition) is 3. The van der Waals surface area contributed by atoms with Crippen LogP contribution in [0.5, 0.6) is 0 Å². The second-order valence-electron chi connectivity index (χ2n) is 5.66. The highest BCUT2D eigenvalue weighted by Crippen LogP contribution is 2.25. The van der Waals surface area contributed by atoms with Gasteiger partial charge in [0.05, 0.1) is 0 Å². The Balaban J connectivity index is 2.04. The number of pyridine rings is 1. The molecule has 0 spiro atoms. The number of nitrogens with two attached hydrogens (primary N) is 1. The van der Waals surface area contributed by atoms with Crippen LogP contribution in [0.3, 0.4) is 0 Å². The van der Waals surface area contributed by atoms with Gasteiger partial charge in [-0.15, -0.1) is 0 Å². The van der Waals surface area contributed by atoms with E-state index in [0.29, 0.717) is 5.92 Å². The minimum Gasteiger partial charge on any atom is -0.356 e. The molecule has 1 saturated heterocycles. The van der Waals surface area contributed by atoms with Crippen LogP contribution in [-0.2, 0) is 5.41 Å². The fourth-order valence-corrected chi connectivity index (χ4v) is 1.92. The Morgan fingerprint density at radius 2 is 2.06 bits per heavy atom. The molecule has 3 nitrogen and oxygen atoms in total. The first-order valence-corrected chi connectivity index (χ1v) is 5.92. The van der Waals surface area contributed by atoms with Crippen molar-refractivity contribution in [3.8, 4) is 0 Å². The molecule has 2 heterocycles. The molecule has 3 heteroatoms. The molecule has 2 rings (SSSR count). The zero-order chi connectivity index (χ0) is 11.8. The van der Waals surface area contributed by atoms with Crippen molar-refractivity contribution in [3.63, 3.8) is 0 Å².